The number of halogens is 6. The number of hydrogen-bond acceptors (Lipinski definition) is 11. The van der Waals surface area contributed by atoms with Gasteiger partial charge in [-0.2, -0.15) is 13.2 Å². The van der Waals surface area contributed by atoms with E-state index in [1.54, 1.807) is 36.4 Å². The van der Waals surface area contributed by atoms with Crippen molar-refractivity contribution in [1.29, 1.82) is 0 Å². The lowest BCUT2D eigenvalue weighted by atomic mass is 10.1. The monoisotopic (exact) mass is 932 g/mol. The largest absolute Gasteiger partial charge is 0.573 e. The molecule has 340 valence electrons. The van der Waals surface area contributed by atoms with Crippen molar-refractivity contribution in [1.82, 2.24) is 9.97 Å². The Morgan fingerprint density at radius 1 is 0.625 bits per heavy atom. The molecule has 0 amide bonds. The molecule has 64 heavy (non-hydrogen) atoms. The third-order valence-electron chi connectivity index (χ3n) is 8.86. The molecule has 2 N–H and O–H groups in total. The Morgan fingerprint density at radius 2 is 1.12 bits per heavy atom. The van der Waals surface area contributed by atoms with E-state index in [9.17, 15) is 35.9 Å². The summed E-state index contributed by atoms with van der Waals surface area (Å²) < 4.78 is 101. The van der Waals surface area contributed by atoms with Crippen LogP contribution in [0.2, 0.25) is 0 Å². The van der Waals surface area contributed by atoms with E-state index in [-0.39, 0.29) is 5.75 Å². The van der Waals surface area contributed by atoms with Crippen LogP contribution in [0, 0.1) is 20.8 Å². The lowest BCUT2D eigenvalue weighted by molar-refractivity contribution is -0.274. The van der Waals surface area contributed by atoms with Gasteiger partial charge in [-0.3, -0.25) is 0 Å². The predicted octanol–water partition coefficient (Wildman–Crippen LogP) is 11.4. The number of carbonyl (C=O) groups is 2. The van der Waals surface area contributed by atoms with E-state index in [1.807, 2.05) is 26.2 Å². The maximum Gasteiger partial charge on any atom is 0.573 e. The molecule has 4 aromatic carbocycles. The van der Waals surface area contributed by atoms with E-state index in [0.717, 1.165) is 51.0 Å². The van der Waals surface area contributed by atoms with E-state index in [0.29, 0.717) is 71.6 Å². The Labute approximate surface area is 371 Å². The summed E-state index contributed by atoms with van der Waals surface area (Å²) in [6.45, 7) is 5.65. The average Bonchev–Trinajstić information content (AvgIpc) is 3.86. The molecule has 0 fully saturated rings. The molecular formula is C45H42F6N2O9S2. The van der Waals surface area contributed by atoms with Gasteiger partial charge in [0.05, 0.1) is 40.2 Å². The van der Waals surface area contributed by atoms with E-state index in [2.05, 4.69) is 14.7 Å². The number of ether oxygens (including phenoxy) is 5. The van der Waals surface area contributed by atoms with Gasteiger partial charge in [0.2, 0.25) is 0 Å². The highest BCUT2D eigenvalue weighted by Gasteiger charge is 2.31. The number of hydrogen-bond donors (Lipinski definition) is 2. The smallest absolute Gasteiger partial charge is 0.494 e. The van der Waals surface area contributed by atoms with Gasteiger partial charge >= 0.3 is 24.5 Å². The molecule has 0 atom stereocenters. The minimum absolute atomic E-state index is 0.273. The summed E-state index contributed by atoms with van der Waals surface area (Å²) in [7, 11) is 0. The maximum atomic E-state index is 12.8. The third kappa shape index (κ3) is 15.5. The topological polar surface area (TPSA) is 147 Å². The molecular weight excluding hydrogens is 891 g/mol. The van der Waals surface area contributed by atoms with Crippen LogP contribution < -0.4 is 23.7 Å². The van der Waals surface area contributed by atoms with Gasteiger partial charge < -0.3 is 33.9 Å². The van der Waals surface area contributed by atoms with Gasteiger partial charge in [0.25, 0.3) is 0 Å². The minimum Gasteiger partial charge on any atom is -0.494 e. The third-order valence-corrected chi connectivity index (χ3v) is 10.8. The lowest BCUT2D eigenvalue weighted by Gasteiger charge is -2.10. The molecule has 0 saturated carbocycles. The molecule has 2 heterocycles. The van der Waals surface area contributed by atoms with Crippen molar-refractivity contribution in [2.75, 3.05) is 26.4 Å². The first-order valence-corrected chi connectivity index (χ1v) is 21.1. The first-order chi connectivity index (χ1) is 30.3. The Morgan fingerprint density at radius 3 is 1.61 bits per heavy atom. The number of alkyl halides is 6. The second kappa shape index (κ2) is 22.3. The van der Waals surface area contributed by atoms with Crippen LogP contribution in [-0.4, -0.2) is 64.9 Å². The number of carboxylic acids is 2. The van der Waals surface area contributed by atoms with E-state index in [1.165, 1.54) is 59.1 Å². The van der Waals surface area contributed by atoms with Crippen LogP contribution in [0.4, 0.5) is 26.3 Å². The van der Waals surface area contributed by atoms with Crippen molar-refractivity contribution in [3.63, 3.8) is 0 Å². The van der Waals surface area contributed by atoms with E-state index in [4.69, 9.17) is 29.2 Å². The highest BCUT2D eigenvalue weighted by molar-refractivity contribution is 7.12. The molecule has 0 aliphatic rings. The molecule has 0 bridgehead atoms. The fraction of sp³-hybridized carbons (Fsp3) is 0.289. The number of aliphatic carboxylic acids is 2. The number of rotatable bonds is 19. The van der Waals surface area contributed by atoms with Crippen molar-refractivity contribution >= 4 is 34.6 Å². The molecule has 0 aliphatic carbocycles. The Hall–Kier alpha value is -6.34. The molecule has 0 aliphatic heterocycles. The second-order valence-electron chi connectivity index (χ2n) is 13.9. The summed E-state index contributed by atoms with van der Waals surface area (Å²) in [5.41, 5.74) is 3.64. The molecule has 0 spiro atoms. The fourth-order valence-corrected chi connectivity index (χ4v) is 7.73. The van der Waals surface area contributed by atoms with Gasteiger partial charge in [0.15, 0.2) is 13.2 Å². The van der Waals surface area contributed by atoms with Gasteiger partial charge in [-0.05, 0) is 118 Å². The number of thiazole rings is 2. The van der Waals surface area contributed by atoms with Gasteiger partial charge in [0.1, 0.15) is 28.7 Å². The molecule has 11 nitrogen and oxygen atoms in total. The van der Waals surface area contributed by atoms with E-state index < -0.39 is 43.3 Å². The predicted molar refractivity (Wildman–Crippen MR) is 228 cm³/mol. The highest BCUT2D eigenvalue weighted by Crippen LogP contribution is 2.34. The SMILES string of the molecule is Cc1cc(OCCCc2nc(-c3ccc(C(F)(F)F)cc3)c(C)s2)ccc1OCC(=O)O.Cc1cc(OCCCc2nc(-c3ccc(OC(F)(F)F)cc3)cs2)ccc1OCC(=O)O. The minimum atomic E-state index is -4.72. The van der Waals surface area contributed by atoms with Crippen LogP contribution in [-0.2, 0) is 28.6 Å². The highest BCUT2D eigenvalue weighted by atomic mass is 32.1. The summed E-state index contributed by atoms with van der Waals surface area (Å²) in [6, 6.07) is 21.0. The van der Waals surface area contributed by atoms with Gasteiger partial charge in [-0.25, -0.2) is 19.6 Å². The number of benzene rings is 4. The van der Waals surface area contributed by atoms with Crippen molar-refractivity contribution in [3.05, 3.63) is 122 Å². The van der Waals surface area contributed by atoms with Gasteiger partial charge in [-0.15, -0.1) is 35.8 Å². The summed E-state index contributed by atoms with van der Waals surface area (Å²) >= 11 is 3.00. The Balaban J connectivity index is 0.000000241. The van der Waals surface area contributed by atoms with E-state index >= 15 is 0 Å². The number of aryl methyl sites for hydroxylation is 5. The van der Waals surface area contributed by atoms with Crippen LogP contribution in [0.25, 0.3) is 22.5 Å². The lowest BCUT2D eigenvalue weighted by Crippen LogP contribution is -2.16. The van der Waals surface area contributed by atoms with Crippen molar-refractivity contribution in [2.45, 2.75) is 59.0 Å². The van der Waals surface area contributed by atoms with Crippen LogP contribution in [0.5, 0.6) is 28.7 Å². The first-order valence-electron chi connectivity index (χ1n) is 19.4. The van der Waals surface area contributed by atoms with Crippen molar-refractivity contribution < 1.29 is 69.8 Å². The quantitative estimate of drug-likeness (QED) is 0.0591. The summed E-state index contributed by atoms with van der Waals surface area (Å²) in [5, 5.41) is 21.0. The van der Waals surface area contributed by atoms with Crippen LogP contribution in [0.1, 0.15) is 44.4 Å². The zero-order valence-corrected chi connectivity index (χ0v) is 36.2. The van der Waals surface area contributed by atoms with Crippen LogP contribution >= 0.6 is 22.7 Å². The number of nitrogens with zero attached hydrogens (tertiary/aromatic N) is 2. The Bertz CT molecular complexity index is 2470. The molecule has 2 aromatic heterocycles. The second-order valence-corrected chi connectivity index (χ2v) is 16.1. The molecule has 19 heteroatoms. The fourth-order valence-electron chi connectivity index (χ4n) is 5.88. The molecule has 6 rings (SSSR count). The molecule has 0 saturated heterocycles. The average molecular weight is 933 g/mol. The van der Waals surface area contributed by atoms with Gasteiger partial charge in [0, 0.05) is 34.2 Å². The summed E-state index contributed by atoms with van der Waals surface area (Å²) in [4.78, 5) is 31.3. The number of aromatic nitrogens is 2. The van der Waals surface area contributed by atoms with Crippen LogP contribution in [0.3, 0.4) is 0 Å². The Kier molecular flexibility index (Phi) is 17.0. The summed E-state index contributed by atoms with van der Waals surface area (Å²) in [5.74, 6) is -0.0456. The molecule has 0 radical (unpaired) electrons. The molecule has 0 unspecified atom stereocenters. The number of carboxylic acid groups (broad SMARTS) is 2. The summed E-state index contributed by atoms with van der Waals surface area (Å²) in [6.07, 6.45) is -6.25. The van der Waals surface area contributed by atoms with Crippen molar-refractivity contribution in [3.8, 4) is 51.3 Å². The zero-order valence-electron chi connectivity index (χ0n) is 34.5. The molecule has 6 aromatic rings. The van der Waals surface area contributed by atoms with Gasteiger partial charge in [-0.1, -0.05) is 12.1 Å². The van der Waals surface area contributed by atoms with Crippen LogP contribution in [0.15, 0.2) is 90.3 Å². The zero-order chi connectivity index (χ0) is 46.4. The maximum absolute atomic E-state index is 12.8. The normalized spacial score (nSPS) is 11.3. The first kappa shape index (κ1) is 48.7. The van der Waals surface area contributed by atoms with Crippen molar-refractivity contribution in [2.24, 2.45) is 0 Å². The standard InChI is InChI=1S/C23H22F3NO4S.C22H20F3NO5S/c1-14-12-18(9-10-19(14)31-13-21(28)29)30-11-3-4-20-27-22(15(2)32-20)16-5-7-17(8-6-16)23(24,25)26;1-14-11-17(8-9-19(14)30-12-21(27)28)29-10-2-3-20-26-18(13-32-20)15-4-6-16(7-5-15)31-22(23,24)25/h5-10,12H,3-4,11,13H2,1-2H3,(H,28,29);4-9,11,13H,2-3,10,12H2,1H3,(H,27,28).